The summed E-state index contributed by atoms with van der Waals surface area (Å²) in [5.74, 6) is -1.31. The van der Waals surface area contributed by atoms with Crippen LogP contribution in [0.15, 0.2) is 36.5 Å². The molecule has 0 fully saturated rings. The van der Waals surface area contributed by atoms with Crippen LogP contribution in [0.2, 0.25) is 0 Å². The molecule has 0 radical (unpaired) electrons. The van der Waals surface area contributed by atoms with E-state index in [9.17, 15) is 9.59 Å². The number of aliphatic hydroxyl groups excluding tert-OH is 1. The largest absolute Gasteiger partial charge is 0.479 e. The van der Waals surface area contributed by atoms with Crippen LogP contribution in [-0.4, -0.2) is 39.8 Å². The number of nitrogens with zero attached hydrogens (tertiary/aromatic N) is 1. The van der Waals surface area contributed by atoms with Gasteiger partial charge in [0.2, 0.25) is 0 Å². The second kappa shape index (κ2) is 6.67. The highest BCUT2D eigenvalue weighted by Gasteiger charge is 2.12. The monoisotopic (exact) mass is 289 g/mol. The summed E-state index contributed by atoms with van der Waals surface area (Å²) in [6.07, 6.45) is -0.000139. The summed E-state index contributed by atoms with van der Waals surface area (Å²) in [7, 11) is 0. The SMILES string of the molecule is O=C(NCC[C@H](O)C(=O)O)Nc1cnc2ccccc2c1. The molecule has 0 aliphatic carbocycles. The Kier molecular flexibility index (Phi) is 4.68. The van der Waals surface area contributed by atoms with E-state index in [4.69, 9.17) is 10.2 Å². The number of amides is 2. The molecule has 0 bridgehead atoms. The molecular weight excluding hydrogens is 274 g/mol. The van der Waals surface area contributed by atoms with E-state index in [1.165, 1.54) is 6.20 Å². The lowest BCUT2D eigenvalue weighted by molar-refractivity contribution is -0.146. The summed E-state index contributed by atoms with van der Waals surface area (Å²) < 4.78 is 0. The Balaban J connectivity index is 1.88. The van der Waals surface area contributed by atoms with Crippen molar-refractivity contribution in [2.45, 2.75) is 12.5 Å². The number of para-hydroxylation sites is 1. The summed E-state index contributed by atoms with van der Waals surface area (Å²) in [4.78, 5) is 26.2. The number of rotatable bonds is 5. The highest BCUT2D eigenvalue weighted by Crippen LogP contribution is 2.15. The van der Waals surface area contributed by atoms with E-state index in [1.54, 1.807) is 6.07 Å². The average Bonchev–Trinajstić information content (AvgIpc) is 2.46. The number of carbonyl (C=O) groups excluding carboxylic acids is 1. The molecule has 0 unspecified atom stereocenters. The number of urea groups is 1. The smallest absolute Gasteiger partial charge is 0.332 e. The van der Waals surface area contributed by atoms with Gasteiger partial charge in [0.05, 0.1) is 17.4 Å². The molecule has 7 heteroatoms. The van der Waals surface area contributed by atoms with Gasteiger partial charge in [0.15, 0.2) is 6.10 Å². The molecule has 2 amide bonds. The summed E-state index contributed by atoms with van der Waals surface area (Å²) >= 11 is 0. The molecule has 0 saturated carbocycles. The molecule has 2 aromatic rings. The van der Waals surface area contributed by atoms with Gasteiger partial charge in [0.25, 0.3) is 0 Å². The third kappa shape index (κ3) is 4.15. The molecule has 1 heterocycles. The fourth-order valence-electron chi connectivity index (χ4n) is 1.76. The number of nitrogens with one attached hydrogen (secondary N) is 2. The Bertz CT molecular complexity index is 659. The number of pyridine rings is 1. The van der Waals surface area contributed by atoms with Crippen LogP contribution in [0.4, 0.5) is 10.5 Å². The number of carbonyl (C=O) groups is 2. The van der Waals surface area contributed by atoms with Crippen LogP contribution in [0.3, 0.4) is 0 Å². The van der Waals surface area contributed by atoms with E-state index in [1.807, 2.05) is 24.3 Å². The topological polar surface area (TPSA) is 112 Å². The molecular formula is C14H15N3O4. The number of anilines is 1. The highest BCUT2D eigenvalue weighted by molar-refractivity contribution is 5.91. The summed E-state index contributed by atoms with van der Waals surface area (Å²) in [5.41, 5.74) is 1.36. The minimum Gasteiger partial charge on any atom is -0.479 e. The number of fused-ring (bicyclic) bond motifs is 1. The number of aromatic nitrogens is 1. The lowest BCUT2D eigenvalue weighted by Crippen LogP contribution is -2.33. The molecule has 0 spiro atoms. The maximum absolute atomic E-state index is 11.6. The Morgan fingerprint density at radius 3 is 2.81 bits per heavy atom. The van der Waals surface area contributed by atoms with Gasteiger partial charge >= 0.3 is 12.0 Å². The van der Waals surface area contributed by atoms with Crippen LogP contribution in [-0.2, 0) is 4.79 Å². The minimum absolute atomic E-state index is 0.0559. The van der Waals surface area contributed by atoms with E-state index in [-0.39, 0.29) is 13.0 Å². The molecule has 110 valence electrons. The summed E-state index contributed by atoms with van der Waals surface area (Å²) in [6.45, 7) is 0.0559. The molecule has 7 nitrogen and oxygen atoms in total. The van der Waals surface area contributed by atoms with E-state index in [2.05, 4.69) is 15.6 Å². The van der Waals surface area contributed by atoms with Crippen molar-refractivity contribution in [1.82, 2.24) is 10.3 Å². The number of aliphatic hydroxyl groups is 1. The minimum atomic E-state index is -1.48. The average molecular weight is 289 g/mol. The molecule has 21 heavy (non-hydrogen) atoms. The van der Waals surface area contributed by atoms with Crippen LogP contribution in [0.25, 0.3) is 10.9 Å². The number of carboxylic acids is 1. The summed E-state index contributed by atoms with van der Waals surface area (Å²) in [5, 5.41) is 23.5. The van der Waals surface area contributed by atoms with Gasteiger partial charge in [0.1, 0.15) is 0 Å². The summed E-state index contributed by atoms with van der Waals surface area (Å²) in [6, 6.07) is 8.81. The van der Waals surface area contributed by atoms with Crippen molar-refractivity contribution in [3.8, 4) is 0 Å². The zero-order chi connectivity index (χ0) is 15.2. The van der Waals surface area contributed by atoms with Crippen molar-refractivity contribution in [2.24, 2.45) is 0 Å². The van der Waals surface area contributed by atoms with Gasteiger partial charge in [-0.1, -0.05) is 18.2 Å². The van der Waals surface area contributed by atoms with Crippen LogP contribution in [0, 0.1) is 0 Å². The predicted molar refractivity (Wildman–Crippen MR) is 77.0 cm³/mol. The van der Waals surface area contributed by atoms with Crippen molar-refractivity contribution in [3.63, 3.8) is 0 Å². The van der Waals surface area contributed by atoms with Gasteiger partial charge in [-0.25, -0.2) is 9.59 Å². The van der Waals surface area contributed by atoms with Crippen LogP contribution in [0.1, 0.15) is 6.42 Å². The standard InChI is InChI=1S/C14H15N3O4/c18-12(13(19)20)5-6-15-14(21)17-10-7-9-3-1-2-4-11(9)16-8-10/h1-4,7-8,12,18H,5-6H2,(H,19,20)(H2,15,17,21)/t12-/m0/s1. The highest BCUT2D eigenvalue weighted by atomic mass is 16.4. The predicted octanol–water partition coefficient (Wildman–Crippen LogP) is 1.19. The first-order valence-corrected chi connectivity index (χ1v) is 6.37. The molecule has 2 rings (SSSR count). The van der Waals surface area contributed by atoms with E-state index in [0.717, 1.165) is 10.9 Å². The molecule has 0 aliphatic rings. The maximum atomic E-state index is 11.6. The third-order valence-corrected chi connectivity index (χ3v) is 2.84. The van der Waals surface area contributed by atoms with E-state index in [0.29, 0.717) is 5.69 Å². The number of aliphatic carboxylic acids is 1. The van der Waals surface area contributed by atoms with Crippen molar-refractivity contribution in [2.75, 3.05) is 11.9 Å². The first-order chi connectivity index (χ1) is 10.1. The second-order valence-corrected chi connectivity index (χ2v) is 4.44. The van der Waals surface area contributed by atoms with Gasteiger partial charge in [-0.15, -0.1) is 0 Å². The van der Waals surface area contributed by atoms with Gasteiger partial charge in [-0.2, -0.15) is 0 Å². The maximum Gasteiger partial charge on any atom is 0.332 e. The third-order valence-electron chi connectivity index (χ3n) is 2.84. The Hall–Kier alpha value is -2.67. The Morgan fingerprint density at radius 2 is 2.05 bits per heavy atom. The van der Waals surface area contributed by atoms with Crippen molar-refractivity contribution in [1.29, 1.82) is 0 Å². The molecule has 0 saturated heterocycles. The lowest BCUT2D eigenvalue weighted by Gasteiger charge is -2.09. The molecule has 1 atom stereocenters. The van der Waals surface area contributed by atoms with Gasteiger partial charge < -0.3 is 20.8 Å². The van der Waals surface area contributed by atoms with Gasteiger partial charge in [-0.3, -0.25) is 4.98 Å². The first kappa shape index (κ1) is 14.7. The molecule has 0 aliphatic heterocycles. The normalized spacial score (nSPS) is 11.9. The Morgan fingerprint density at radius 1 is 1.29 bits per heavy atom. The number of hydrogen-bond acceptors (Lipinski definition) is 4. The lowest BCUT2D eigenvalue weighted by atomic mass is 10.2. The quantitative estimate of drug-likeness (QED) is 0.660. The molecule has 1 aromatic carbocycles. The first-order valence-electron chi connectivity index (χ1n) is 6.37. The molecule has 4 N–H and O–H groups in total. The van der Waals surface area contributed by atoms with Crippen LogP contribution >= 0.6 is 0 Å². The number of benzene rings is 1. The van der Waals surface area contributed by atoms with E-state index < -0.39 is 18.1 Å². The zero-order valence-corrected chi connectivity index (χ0v) is 11.1. The van der Waals surface area contributed by atoms with Crippen molar-refractivity contribution < 1.29 is 19.8 Å². The Labute approximate surface area is 120 Å². The van der Waals surface area contributed by atoms with Crippen molar-refractivity contribution >= 4 is 28.6 Å². The fraction of sp³-hybridized carbons (Fsp3) is 0.214. The fourth-order valence-corrected chi connectivity index (χ4v) is 1.76. The van der Waals surface area contributed by atoms with Crippen LogP contribution < -0.4 is 10.6 Å². The van der Waals surface area contributed by atoms with Gasteiger partial charge in [0, 0.05) is 18.4 Å². The van der Waals surface area contributed by atoms with E-state index >= 15 is 0 Å². The van der Waals surface area contributed by atoms with Crippen molar-refractivity contribution in [3.05, 3.63) is 36.5 Å². The van der Waals surface area contributed by atoms with Crippen LogP contribution in [0.5, 0.6) is 0 Å². The number of carboxylic acid groups (broad SMARTS) is 1. The number of hydrogen-bond donors (Lipinski definition) is 4. The molecule has 1 aromatic heterocycles. The second-order valence-electron chi connectivity index (χ2n) is 4.44. The van der Waals surface area contributed by atoms with Gasteiger partial charge in [-0.05, 0) is 12.1 Å². The zero-order valence-electron chi connectivity index (χ0n) is 11.1.